The number of rotatable bonds is 3. The molecule has 138 valence electrons. The number of fused-ring (bicyclic) bond motifs is 1. The normalized spacial score (nSPS) is 14.4. The van der Waals surface area contributed by atoms with Gasteiger partial charge in [0.2, 0.25) is 0 Å². The molecule has 6 heteroatoms. The predicted octanol–water partition coefficient (Wildman–Crippen LogP) is 4.09. The van der Waals surface area contributed by atoms with Gasteiger partial charge in [0.1, 0.15) is 29.6 Å². The third kappa shape index (κ3) is 3.91. The number of benzene rings is 3. The maximum Gasteiger partial charge on any atom is 0.277 e. The lowest BCUT2D eigenvalue weighted by Crippen LogP contribution is -2.26. The van der Waals surface area contributed by atoms with Gasteiger partial charge in [0.15, 0.2) is 0 Å². The highest BCUT2D eigenvalue weighted by Gasteiger charge is 2.21. The molecule has 6 nitrogen and oxygen atoms in total. The molecule has 0 spiro atoms. The Hall–Kier alpha value is -3.93. The van der Waals surface area contributed by atoms with Crippen LogP contribution in [0.4, 0.5) is 5.69 Å². The van der Waals surface area contributed by atoms with E-state index >= 15 is 0 Å². The van der Waals surface area contributed by atoms with E-state index in [-0.39, 0.29) is 12.3 Å². The van der Waals surface area contributed by atoms with Gasteiger partial charge in [-0.05, 0) is 42.5 Å². The lowest BCUT2D eigenvalue weighted by molar-refractivity contribution is -0.110. The summed E-state index contributed by atoms with van der Waals surface area (Å²) >= 11 is 0. The Morgan fingerprint density at radius 3 is 2.54 bits per heavy atom. The average molecular weight is 372 g/mol. The van der Waals surface area contributed by atoms with E-state index < -0.39 is 11.8 Å². The molecule has 1 aliphatic rings. The van der Waals surface area contributed by atoms with Crippen molar-refractivity contribution in [2.45, 2.75) is 0 Å². The molecule has 0 unspecified atom stereocenters. The van der Waals surface area contributed by atoms with E-state index in [0.29, 0.717) is 28.5 Å². The molecule has 0 radical (unpaired) electrons. The molecule has 0 fully saturated rings. The maximum atomic E-state index is 12.6. The number of ether oxygens (including phenoxy) is 2. The van der Waals surface area contributed by atoms with Crippen molar-refractivity contribution in [2.75, 3.05) is 11.9 Å². The van der Waals surface area contributed by atoms with E-state index in [2.05, 4.69) is 10.3 Å². The highest BCUT2D eigenvalue weighted by Crippen LogP contribution is 2.26. The van der Waals surface area contributed by atoms with Gasteiger partial charge in [-0.3, -0.25) is 9.59 Å². The number of nitrogens with one attached hydrogen (secondary N) is 1. The van der Waals surface area contributed by atoms with Gasteiger partial charge in [-0.15, -0.1) is 0 Å². The fraction of sp³-hybridized carbons (Fsp3) is 0.0455. The molecule has 0 aliphatic carbocycles. The van der Waals surface area contributed by atoms with Gasteiger partial charge in [-0.2, -0.15) is 0 Å². The molecule has 0 bridgehead atoms. The van der Waals surface area contributed by atoms with Crippen molar-refractivity contribution in [2.24, 2.45) is 4.99 Å². The van der Waals surface area contributed by atoms with Crippen molar-refractivity contribution < 1.29 is 19.1 Å². The topological polar surface area (TPSA) is 77.0 Å². The van der Waals surface area contributed by atoms with Crippen LogP contribution in [0.2, 0.25) is 0 Å². The Bertz CT molecular complexity index is 1060. The van der Waals surface area contributed by atoms with Crippen LogP contribution >= 0.6 is 0 Å². The highest BCUT2D eigenvalue weighted by molar-refractivity contribution is 6.45. The zero-order chi connectivity index (χ0) is 19.3. The molecule has 0 saturated heterocycles. The summed E-state index contributed by atoms with van der Waals surface area (Å²) in [6, 6.07) is 23.0. The van der Waals surface area contributed by atoms with E-state index in [1.807, 2.05) is 30.3 Å². The van der Waals surface area contributed by atoms with E-state index in [0.717, 1.165) is 0 Å². The van der Waals surface area contributed by atoms with Gasteiger partial charge >= 0.3 is 0 Å². The summed E-state index contributed by atoms with van der Waals surface area (Å²) in [5.41, 5.74) is 0.870. The number of aliphatic imine (C=N–C) groups is 1. The summed E-state index contributed by atoms with van der Waals surface area (Å²) in [7, 11) is 0. The van der Waals surface area contributed by atoms with Crippen molar-refractivity contribution in [3.05, 3.63) is 84.4 Å². The minimum atomic E-state index is -0.543. The van der Waals surface area contributed by atoms with E-state index in [9.17, 15) is 9.59 Å². The average Bonchev–Trinajstić information content (AvgIpc) is 2.88. The van der Waals surface area contributed by atoms with Crippen molar-refractivity contribution in [1.82, 2.24) is 0 Å². The van der Waals surface area contributed by atoms with Crippen molar-refractivity contribution in [3.8, 4) is 17.2 Å². The van der Waals surface area contributed by atoms with Gasteiger partial charge in [0.05, 0.1) is 5.69 Å². The zero-order valence-electron chi connectivity index (χ0n) is 14.8. The number of amides is 2. The van der Waals surface area contributed by atoms with Crippen molar-refractivity contribution in [1.29, 1.82) is 0 Å². The zero-order valence-corrected chi connectivity index (χ0v) is 14.8. The first-order valence-corrected chi connectivity index (χ1v) is 8.67. The number of carbonyl (C=O) groups is 2. The summed E-state index contributed by atoms with van der Waals surface area (Å²) in [6.07, 6.45) is 0. The van der Waals surface area contributed by atoms with Crippen LogP contribution in [0, 0.1) is 0 Å². The number of anilines is 1. The molecule has 1 N–H and O–H groups in total. The van der Waals surface area contributed by atoms with Crippen LogP contribution in [0.1, 0.15) is 10.4 Å². The molecular weight excluding hydrogens is 356 g/mol. The largest absolute Gasteiger partial charge is 0.485 e. The third-order valence-electron chi connectivity index (χ3n) is 4.06. The molecule has 1 heterocycles. The summed E-state index contributed by atoms with van der Waals surface area (Å²) in [5, 5.41) is 2.70. The molecule has 0 saturated carbocycles. The van der Waals surface area contributed by atoms with Crippen LogP contribution in [-0.2, 0) is 4.79 Å². The molecule has 1 aliphatic heterocycles. The number of carbonyl (C=O) groups excluding carboxylic acids is 2. The molecule has 0 atom stereocenters. The van der Waals surface area contributed by atoms with Gasteiger partial charge in [-0.1, -0.05) is 36.4 Å². The molecule has 0 aromatic heterocycles. The van der Waals surface area contributed by atoms with Gasteiger partial charge in [0.25, 0.3) is 11.8 Å². The smallest absolute Gasteiger partial charge is 0.277 e. The Balaban J connectivity index is 1.53. The first-order chi connectivity index (χ1) is 13.7. The summed E-state index contributed by atoms with van der Waals surface area (Å²) in [5.74, 6) is 0.693. The summed E-state index contributed by atoms with van der Waals surface area (Å²) < 4.78 is 11.3. The lowest BCUT2D eigenvalue weighted by Gasteiger charge is -2.06. The van der Waals surface area contributed by atoms with E-state index in [1.165, 1.54) is 0 Å². The lowest BCUT2D eigenvalue weighted by atomic mass is 10.2. The standard InChI is InChI=1S/C22H16N2O4/c25-21(15-7-6-10-17(13-15)28-16-8-2-1-3-9-16)24-19-14-27-20-12-5-4-11-18(20)23-22(19)26/h1-13H,14H2,(H,23,26)/b24-19+. The quantitative estimate of drug-likeness (QED) is 0.751. The minimum absolute atomic E-state index is 0.00980. The molecular formula is C22H16N2O4. The molecule has 2 amide bonds. The Morgan fingerprint density at radius 2 is 1.68 bits per heavy atom. The third-order valence-corrected chi connectivity index (χ3v) is 4.06. The Labute approximate surface area is 161 Å². The van der Waals surface area contributed by atoms with Crippen molar-refractivity contribution >= 4 is 23.2 Å². The van der Waals surface area contributed by atoms with Crippen molar-refractivity contribution in [3.63, 3.8) is 0 Å². The van der Waals surface area contributed by atoms with Crippen LogP contribution in [0.25, 0.3) is 0 Å². The van der Waals surface area contributed by atoms with Crippen LogP contribution in [0.15, 0.2) is 83.9 Å². The van der Waals surface area contributed by atoms with Gasteiger partial charge in [-0.25, -0.2) is 4.99 Å². The van der Waals surface area contributed by atoms with Crippen LogP contribution < -0.4 is 14.8 Å². The van der Waals surface area contributed by atoms with Crippen LogP contribution in [0.5, 0.6) is 17.2 Å². The SMILES string of the molecule is O=C1Nc2ccccc2OC/C1=N\C(=O)c1cccc(Oc2ccccc2)c1. The first kappa shape index (κ1) is 17.5. The number of para-hydroxylation sites is 3. The van der Waals surface area contributed by atoms with Crippen LogP contribution in [0.3, 0.4) is 0 Å². The highest BCUT2D eigenvalue weighted by atomic mass is 16.5. The molecule has 3 aromatic rings. The molecule has 28 heavy (non-hydrogen) atoms. The fourth-order valence-electron chi connectivity index (χ4n) is 2.69. The van der Waals surface area contributed by atoms with Crippen LogP contribution in [-0.4, -0.2) is 24.1 Å². The Morgan fingerprint density at radius 1 is 0.929 bits per heavy atom. The molecule has 3 aromatic carbocycles. The maximum absolute atomic E-state index is 12.6. The minimum Gasteiger partial charge on any atom is -0.485 e. The van der Waals surface area contributed by atoms with Gasteiger partial charge in [0, 0.05) is 5.56 Å². The second-order valence-corrected chi connectivity index (χ2v) is 6.05. The second kappa shape index (κ2) is 7.75. The first-order valence-electron chi connectivity index (χ1n) is 8.67. The van der Waals surface area contributed by atoms with E-state index in [1.54, 1.807) is 48.5 Å². The second-order valence-electron chi connectivity index (χ2n) is 6.05. The number of nitrogens with zero attached hydrogens (tertiary/aromatic N) is 1. The predicted molar refractivity (Wildman–Crippen MR) is 105 cm³/mol. The fourth-order valence-corrected chi connectivity index (χ4v) is 2.69. The molecule has 4 rings (SSSR count). The number of hydrogen-bond acceptors (Lipinski definition) is 4. The monoisotopic (exact) mass is 372 g/mol. The van der Waals surface area contributed by atoms with E-state index in [4.69, 9.17) is 9.47 Å². The summed E-state index contributed by atoms with van der Waals surface area (Å²) in [6.45, 7) is -0.0885. The summed E-state index contributed by atoms with van der Waals surface area (Å²) in [4.78, 5) is 28.9. The Kier molecular flexibility index (Phi) is 4.84. The van der Waals surface area contributed by atoms with Gasteiger partial charge < -0.3 is 14.8 Å². The number of hydrogen-bond donors (Lipinski definition) is 1.